The predicted molar refractivity (Wildman–Crippen MR) is 57.2 cm³/mol. The van der Waals surface area contributed by atoms with Crippen LogP contribution >= 0.6 is 0 Å². The van der Waals surface area contributed by atoms with Crippen LogP contribution < -0.4 is 0 Å². The van der Waals surface area contributed by atoms with Crippen molar-refractivity contribution >= 4 is 6.29 Å². The number of hydrogen-bond acceptors (Lipinski definition) is 2. The first-order chi connectivity index (χ1) is 6.50. The van der Waals surface area contributed by atoms with Crippen LogP contribution in [0.15, 0.2) is 0 Å². The third-order valence-electron chi connectivity index (χ3n) is 3.92. The molecular formula is C12H21NO. The Morgan fingerprint density at radius 2 is 2.07 bits per heavy atom. The van der Waals surface area contributed by atoms with Gasteiger partial charge in [-0.1, -0.05) is 20.8 Å². The zero-order chi connectivity index (χ0) is 10.4. The first-order valence-corrected chi connectivity index (χ1v) is 5.70. The fourth-order valence-corrected chi connectivity index (χ4v) is 3.90. The number of rotatable bonds is 2. The standard InChI is InChI=1S/C12H21NO/c1-4-13-9-12(5-10(13)6-14)7-11(2,3)8-12/h6,10H,4-5,7-9H2,1-3H3/t10-/m0/s1. The summed E-state index contributed by atoms with van der Waals surface area (Å²) in [4.78, 5) is 13.3. The van der Waals surface area contributed by atoms with Gasteiger partial charge in [-0.05, 0) is 36.6 Å². The molecule has 1 heterocycles. The van der Waals surface area contributed by atoms with Gasteiger partial charge in [-0.2, -0.15) is 0 Å². The third kappa shape index (κ3) is 1.50. The Hall–Kier alpha value is -0.370. The highest BCUT2D eigenvalue weighted by Crippen LogP contribution is 2.59. The molecule has 0 radical (unpaired) electrons. The van der Waals surface area contributed by atoms with E-state index in [1.807, 2.05) is 0 Å². The molecule has 0 bridgehead atoms. The highest BCUT2D eigenvalue weighted by Gasteiger charge is 2.54. The monoisotopic (exact) mass is 195 g/mol. The molecule has 0 unspecified atom stereocenters. The van der Waals surface area contributed by atoms with Gasteiger partial charge in [-0.3, -0.25) is 4.90 Å². The summed E-state index contributed by atoms with van der Waals surface area (Å²) in [5.74, 6) is 0. The Balaban J connectivity index is 2.03. The van der Waals surface area contributed by atoms with Gasteiger partial charge in [0.05, 0.1) is 6.04 Å². The largest absolute Gasteiger partial charge is 0.302 e. The number of carbonyl (C=O) groups excluding carboxylic acids is 1. The van der Waals surface area contributed by atoms with E-state index in [1.165, 1.54) is 12.8 Å². The minimum Gasteiger partial charge on any atom is -0.302 e. The number of nitrogens with zero attached hydrogens (tertiary/aromatic N) is 1. The van der Waals surface area contributed by atoms with Gasteiger partial charge in [0, 0.05) is 6.54 Å². The number of hydrogen-bond donors (Lipinski definition) is 0. The minimum absolute atomic E-state index is 0.205. The van der Waals surface area contributed by atoms with E-state index in [9.17, 15) is 4.79 Å². The van der Waals surface area contributed by atoms with E-state index >= 15 is 0 Å². The van der Waals surface area contributed by atoms with Crippen LogP contribution in [0.5, 0.6) is 0 Å². The van der Waals surface area contributed by atoms with Gasteiger partial charge in [0.15, 0.2) is 0 Å². The van der Waals surface area contributed by atoms with Crippen LogP contribution in [0.25, 0.3) is 0 Å². The number of aldehydes is 1. The van der Waals surface area contributed by atoms with E-state index in [1.54, 1.807) is 0 Å². The van der Waals surface area contributed by atoms with E-state index in [2.05, 4.69) is 25.7 Å². The van der Waals surface area contributed by atoms with Gasteiger partial charge < -0.3 is 4.79 Å². The van der Waals surface area contributed by atoms with Crippen LogP contribution in [0.3, 0.4) is 0 Å². The molecule has 1 atom stereocenters. The minimum atomic E-state index is 0.205. The molecule has 14 heavy (non-hydrogen) atoms. The van der Waals surface area contributed by atoms with Crippen LogP contribution in [-0.4, -0.2) is 30.3 Å². The Labute approximate surface area is 86.7 Å². The average Bonchev–Trinajstić information content (AvgIpc) is 2.41. The van der Waals surface area contributed by atoms with Gasteiger partial charge in [0.1, 0.15) is 6.29 Å². The summed E-state index contributed by atoms with van der Waals surface area (Å²) in [6.45, 7) is 8.99. The summed E-state index contributed by atoms with van der Waals surface area (Å²) in [6.07, 6.45) is 4.86. The number of likely N-dealkylation sites (N-methyl/N-ethyl adjacent to an activating group) is 1. The first-order valence-electron chi connectivity index (χ1n) is 5.70. The van der Waals surface area contributed by atoms with Crippen LogP contribution in [0.2, 0.25) is 0 Å². The summed E-state index contributed by atoms with van der Waals surface area (Å²) in [6, 6.07) is 0.205. The van der Waals surface area contributed by atoms with Crippen molar-refractivity contribution in [1.29, 1.82) is 0 Å². The second kappa shape index (κ2) is 3.06. The van der Waals surface area contributed by atoms with Crippen molar-refractivity contribution in [1.82, 2.24) is 4.90 Å². The summed E-state index contributed by atoms with van der Waals surface area (Å²) < 4.78 is 0. The maximum Gasteiger partial charge on any atom is 0.137 e. The summed E-state index contributed by atoms with van der Waals surface area (Å²) in [5, 5.41) is 0. The maximum absolute atomic E-state index is 10.9. The molecule has 0 aromatic carbocycles. The molecule has 1 saturated carbocycles. The van der Waals surface area contributed by atoms with Crippen molar-refractivity contribution in [2.24, 2.45) is 10.8 Å². The van der Waals surface area contributed by atoms with Gasteiger partial charge in [0.2, 0.25) is 0 Å². The van der Waals surface area contributed by atoms with Gasteiger partial charge >= 0.3 is 0 Å². The lowest BCUT2D eigenvalue weighted by atomic mass is 9.54. The lowest BCUT2D eigenvalue weighted by molar-refractivity contribution is -0.111. The Morgan fingerprint density at radius 3 is 2.43 bits per heavy atom. The molecule has 0 aromatic rings. The molecular weight excluding hydrogens is 174 g/mol. The molecule has 2 fully saturated rings. The van der Waals surface area contributed by atoms with Gasteiger partial charge in [-0.25, -0.2) is 0 Å². The Kier molecular flexibility index (Phi) is 2.22. The molecule has 2 heteroatoms. The lowest BCUT2D eigenvalue weighted by Gasteiger charge is -2.51. The highest BCUT2D eigenvalue weighted by atomic mass is 16.1. The SMILES string of the molecule is CCN1CC2(C[C@H]1C=O)CC(C)(C)C2. The molecule has 2 aliphatic rings. The number of carbonyl (C=O) groups is 1. The lowest BCUT2D eigenvalue weighted by Crippen LogP contribution is -2.44. The first kappa shape index (κ1) is 10.2. The van der Waals surface area contributed by atoms with Crippen molar-refractivity contribution < 1.29 is 4.79 Å². The molecule has 0 aromatic heterocycles. The van der Waals surface area contributed by atoms with Crippen molar-refractivity contribution in [2.75, 3.05) is 13.1 Å². The normalized spacial score (nSPS) is 34.4. The van der Waals surface area contributed by atoms with Crippen molar-refractivity contribution in [3.8, 4) is 0 Å². The van der Waals surface area contributed by atoms with Crippen LogP contribution in [0.4, 0.5) is 0 Å². The second-order valence-corrected chi connectivity index (χ2v) is 5.99. The Morgan fingerprint density at radius 1 is 1.43 bits per heavy atom. The molecule has 2 nitrogen and oxygen atoms in total. The zero-order valence-electron chi connectivity index (χ0n) is 9.55. The molecule has 0 amide bonds. The van der Waals surface area contributed by atoms with Gasteiger partial charge in [-0.15, -0.1) is 0 Å². The summed E-state index contributed by atoms with van der Waals surface area (Å²) >= 11 is 0. The maximum atomic E-state index is 10.9. The van der Waals surface area contributed by atoms with Crippen molar-refractivity contribution in [2.45, 2.75) is 46.1 Å². The molecule has 1 aliphatic carbocycles. The fraction of sp³-hybridized carbons (Fsp3) is 0.917. The van der Waals surface area contributed by atoms with Crippen LogP contribution in [-0.2, 0) is 4.79 Å². The molecule has 0 N–H and O–H groups in total. The Bertz CT molecular complexity index is 239. The highest BCUT2D eigenvalue weighted by molar-refractivity contribution is 5.58. The summed E-state index contributed by atoms with van der Waals surface area (Å²) in [5.41, 5.74) is 1.02. The molecule has 1 aliphatic heterocycles. The fourth-order valence-electron chi connectivity index (χ4n) is 3.90. The van der Waals surface area contributed by atoms with E-state index in [-0.39, 0.29) is 6.04 Å². The second-order valence-electron chi connectivity index (χ2n) is 5.99. The van der Waals surface area contributed by atoms with Gasteiger partial charge in [0.25, 0.3) is 0 Å². The van der Waals surface area contributed by atoms with Crippen LogP contribution in [0, 0.1) is 10.8 Å². The van der Waals surface area contributed by atoms with Crippen LogP contribution in [0.1, 0.15) is 40.0 Å². The average molecular weight is 195 g/mol. The molecule has 1 saturated heterocycles. The topological polar surface area (TPSA) is 20.3 Å². The predicted octanol–water partition coefficient (Wildman–Crippen LogP) is 2.09. The van der Waals surface area contributed by atoms with Crippen molar-refractivity contribution in [3.63, 3.8) is 0 Å². The number of likely N-dealkylation sites (tertiary alicyclic amines) is 1. The smallest absolute Gasteiger partial charge is 0.137 e. The molecule has 1 spiro atoms. The third-order valence-corrected chi connectivity index (χ3v) is 3.92. The molecule has 2 rings (SSSR count). The zero-order valence-corrected chi connectivity index (χ0v) is 9.55. The van der Waals surface area contributed by atoms with Crippen molar-refractivity contribution in [3.05, 3.63) is 0 Å². The van der Waals surface area contributed by atoms with E-state index in [4.69, 9.17) is 0 Å². The quantitative estimate of drug-likeness (QED) is 0.629. The molecule has 80 valence electrons. The van der Waals surface area contributed by atoms with E-state index in [0.717, 1.165) is 25.8 Å². The van der Waals surface area contributed by atoms with E-state index < -0.39 is 0 Å². The van der Waals surface area contributed by atoms with E-state index in [0.29, 0.717) is 10.8 Å². The summed E-state index contributed by atoms with van der Waals surface area (Å²) in [7, 11) is 0.